The van der Waals surface area contributed by atoms with Crippen LogP contribution in [0.3, 0.4) is 0 Å². The van der Waals surface area contributed by atoms with Crippen LogP contribution in [0.5, 0.6) is 0 Å². The van der Waals surface area contributed by atoms with Gasteiger partial charge in [0.1, 0.15) is 0 Å². The predicted octanol–water partition coefficient (Wildman–Crippen LogP) is 1.87. The van der Waals surface area contributed by atoms with E-state index in [-0.39, 0.29) is 0 Å². The van der Waals surface area contributed by atoms with Crippen LogP contribution in [-0.4, -0.2) is 17.5 Å². The van der Waals surface area contributed by atoms with Crippen molar-refractivity contribution in [1.29, 1.82) is 0 Å². The monoisotopic (exact) mass is 147 g/mol. The van der Waals surface area contributed by atoms with Crippen molar-refractivity contribution in [3.63, 3.8) is 0 Å². The summed E-state index contributed by atoms with van der Waals surface area (Å²) in [5.74, 6) is 1.23. The Labute approximate surface area is 62.4 Å². The Morgan fingerprint density at radius 3 is 2.67 bits per heavy atom. The van der Waals surface area contributed by atoms with Crippen LogP contribution in [-0.2, 0) is 0 Å². The van der Waals surface area contributed by atoms with E-state index in [0.29, 0.717) is 0 Å². The molecule has 0 spiro atoms. The first-order valence-corrected chi connectivity index (χ1v) is 4.67. The van der Waals surface area contributed by atoms with Gasteiger partial charge in [0, 0.05) is 5.25 Å². The first-order chi connectivity index (χ1) is 4.31. The zero-order valence-electron chi connectivity index (χ0n) is 6.39. The number of hydrogen-bond donors (Lipinski definition) is 1. The molecule has 0 aliphatic rings. The van der Waals surface area contributed by atoms with E-state index >= 15 is 0 Å². The standard InChI is InChI=1S/C7H17NS/c1-3-7(2)9-6-4-5-8/h7H,3-6,8H2,1-2H3. The normalized spacial score (nSPS) is 13.7. The molecule has 0 amide bonds. The minimum absolute atomic E-state index is 0.816. The van der Waals surface area contributed by atoms with Gasteiger partial charge in [-0.2, -0.15) is 11.8 Å². The van der Waals surface area contributed by atoms with Crippen molar-refractivity contribution < 1.29 is 0 Å². The highest BCUT2D eigenvalue weighted by atomic mass is 32.2. The van der Waals surface area contributed by atoms with Gasteiger partial charge in [-0.1, -0.05) is 13.8 Å². The summed E-state index contributed by atoms with van der Waals surface area (Å²) in [6.45, 7) is 5.32. The van der Waals surface area contributed by atoms with Gasteiger partial charge in [-0.15, -0.1) is 0 Å². The van der Waals surface area contributed by atoms with E-state index in [1.807, 2.05) is 11.8 Å². The lowest BCUT2D eigenvalue weighted by Gasteiger charge is -2.05. The summed E-state index contributed by atoms with van der Waals surface area (Å²) in [7, 11) is 0. The Morgan fingerprint density at radius 2 is 2.22 bits per heavy atom. The number of hydrogen-bond acceptors (Lipinski definition) is 2. The van der Waals surface area contributed by atoms with Gasteiger partial charge in [0.05, 0.1) is 0 Å². The van der Waals surface area contributed by atoms with E-state index in [4.69, 9.17) is 5.73 Å². The summed E-state index contributed by atoms with van der Waals surface area (Å²) in [6, 6.07) is 0. The summed E-state index contributed by atoms with van der Waals surface area (Å²) < 4.78 is 0. The lowest BCUT2D eigenvalue weighted by Crippen LogP contribution is -2.02. The fourth-order valence-corrected chi connectivity index (χ4v) is 1.46. The smallest absolute Gasteiger partial charge is 0.00161 e. The Bertz CT molecular complexity index is 56.9. The van der Waals surface area contributed by atoms with Gasteiger partial charge in [-0.3, -0.25) is 0 Å². The van der Waals surface area contributed by atoms with Gasteiger partial charge in [0.15, 0.2) is 0 Å². The molecule has 0 rings (SSSR count). The highest BCUT2D eigenvalue weighted by Gasteiger charge is 1.96. The van der Waals surface area contributed by atoms with Gasteiger partial charge >= 0.3 is 0 Å². The van der Waals surface area contributed by atoms with Crippen LogP contribution in [0, 0.1) is 0 Å². The minimum Gasteiger partial charge on any atom is -0.330 e. The van der Waals surface area contributed by atoms with E-state index < -0.39 is 0 Å². The maximum atomic E-state index is 5.34. The Hall–Kier alpha value is 0.310. The largest absolute Gasteiger partial charge is 0.330 e. The van der Waals surface area contributed by atoms with E-state index in [2.05, 4.69) is 13.8 Å². The fraction of sp³-hybridized carbons (Fsp3) is 1.00. The average molecular weight is 147 g/mol. The zero-order valence-corrected chi connectivity index (χ0v) is 7.21. The molecule has 0 aromatic carbocycles. The second-order valence-electron chi connectivity index (χ2n) is 2.23. The maximum absolute atomic E-state index is 5.34. The van der Waals surface area contributed by atoms with Gasteiger partial charge in [-0.05, 0) is 25.1 Å². The van der Waals surface area contributed by atoms with Gasteiger partial charge in [0.25, 0.3) is 0 Å². The summed E-state index contributed by atoms with van der Waals surface area (Å²) in [6.07, 6.45) is 2.43. The van der Waals surface area contributed by atoms with Crippen molar-refractivity contribution >= 4 is 11.8 Å². The van der Waals surface area contributed by atoms with Crippen LogP contribution in [0.2, 0.25) is 0 Å². The molecular formula is C7H17NS. The van der Waals surface area contributed by atoms with Crippen LogP contribution in [0.15, 0.2) is 0 Å². The molecule has 1 atom stereocenters. The molecule has 0 saturated carbocycles. The molecular weight excluding hydrogens is 130 g/mol. The molecule has 0 aromatic heterocycles. The molecule has 0 fully saturated rings. The zero-order chi connectivity index (χ0) is 7.11. The van der Waals surface area contributed by atoms with Crippen LogP contribution in [0.4, 0.5) is 0 Å². The highest BCUT2D eigenvalue weighted by molar-refractivity contribution is 7.99. The first-order valence-electron chi connectivity index (χ1n) is 3.63. The second-order valence-corrected chi connectivity index (χ2v) is 3.78. The van der Waals surface area contributed by atoms with E-state index in [1.165, 1.54) is 12.2 Å². The van der Waals surface area contributed by atoms with E-state index in [9.17, 15) is 0 Å². The van der Waals surface area contributed by atoms with Crippen LogP contribution >= 0.6 is 11.8 Å². The molecule has 0 heterocycles. The molecule has 1 unspecified atom stereocenters. The van der Waals surface area contributed by atoms with Crippen LogP contribution in [0.25, 0.3) is 0 Å². The summed E-state index contributed by atoms with van der Waals surface area (Å²) in [5.41, 5.74) is 5.34. The number of rotatable bonds is 5. The van der Waals surface area contributed by atoms with Gasteiger partial charge in [-0.25, -0.2) is 0 Å². The Morgan fingerprint density at radius 1 is 1.56 bits per heavy atom. The van der Waals surface area contributed by atoms with Crippen LogP contribution < -0.4 is 5.73 Å². The van der Waals surface area contributed by atoms with Crippen molar-refractivity contribution in [2.75, 3.05) is 12.3 Å². The SMILES string of the molecule is CCC(C)SCCCN. The van der Waals surface area contributed by atoms with E-state index in [0.717, 1.165) is 18.2 Å². The molecule has 0 aliphatic carbocycles. The average Bonchev–Trinajstić information content (AvgIpc) is 1.89. The molecule has 0 saturated heterocycles. The lowest BCUT2D eigenvalue weighted by molar-refractivity contribution is 0.891. The molecule has 0 bridgehead atoms. The topological polar surface area (TPSA) is 26.0 Å². The lowest BCUT2D eigenvalue weighted by atomic mass is 10.4. The summed E-state index contributed by atoms with van der Waals surface area (Å²) >= 11 is 2.02. The third-order valence-electron chi connectivity index (χ3n) is 1.33. The molecule has 0 radical (unpaired) electrons. The van der Waals surface area contributed by atoms with Crippen molar-refractivity contribution in [2.45, 2.75) is 31.9 Å². The van der Waals surface area contributed by atoms with Crippen molar-refractivity contribution in [3.8, 4) is 0 Å². The molecule has 1 nitrogen and oxygen atoms in total. The van der Waals surface area contributed by atoms with Gasteiger partial charge in [0.2, 0.25) is 0 Å². The summed E-state index contributed by atoms with van der Waals surface area (Å²) in [5, 5.41) is 0.816. The van der Waals surface area contributed by atoms with Crippen LogP contribution in [0.1, 0.15) is 26.7 Å². The van der Waals surface area contributed by atoms with Gasteiger partial charge < -0.3 is 5.73 Å². The number of nitrogens with two attached hydrogens (primary N) is 1. The van der Waals surface area contributed by atoms with Crippen molar-refractivity contribution in [3.05, 3.63) is 0 Å². The minimum atomic E-state index is 0.816. The second kappa shape index (κ2) is 6.43. The van der Waals surface area contributed by atoms with Crippen molar-refractivity contribution in [2.24, 2.45) is 5.73 Å². The molecule has 56 valence electrons. The summed E-state index contributed by atoms with van der Waals surface area (Å²) in [4.78, 5) is 0. The molecule has 0 aromatic rings. The molecule has 2 N–H and O–H groups in total. The molecule has 9 heavy (non-hydrogen) atoms. The first kappa shape index (κ1) is 9.31. The van der Waals surface area contributed by atoms with Crippen molar-refractivity contribution in [1.82, 2.24) is 0 Å². The third kappa shape index (κ3) is 6.19. The predicted molar refractivity (Wildman–Crippen MR) is 45.9 cm³/mol. The molecule has 2 heteroatoms. The highest BCUT2D eigenvalue weighted by Crippen LogP contribution is 2.13. The Balaban J connectivity index is 2.88. The quantitative estimate of drug-likeness (QED) is 0.601. The van der Waals surface area contributed by atoms with E-state index in [1.54, 1.807) is 0 Å². The maximum Gasteiger partial charge on any atom is 0.00161 e. The third-order valence-corrected chi connectivity index (χ3v) is 2.75. The molecule has 0 aliphatic heterocycles. The fourth-order valence-electron chi connectivity index (χ4n) is 0.486. The number of thioether (sulfide) groups is 1. The Kier molecular flexibility index (Phi) is 6.65.